The Morgan fingerprint density at radius 2 is 1.05 bits per heavy atom. The predicted octanol–water partition coefficient (Wildman–Crippen LogP) is -0.808. The molecule has 0 aliphatic carbocycles. The number of hydrogen-bond acceptors (Lipinski definition) is 6. The molecule has 0 bridgehead atoms. The number of guanidine groups is 2. The largest absolute Gasteiger partial charge is 0.548 e. The van der Waals surface area contributed by atoms with E-state index >= 15 is 0 Å². The lowest BCUT2D eigenvalue weighted by Crippen LogP contribution is -2.69. The number of carboxylic acid groups (broad SMARTS) is 1. The van der Waals surface area contributed by atoms with Crippen LogP contribution >= 0.6 is 0 Å². The summed E-state index contributed by atoms with van der Waals surface area (Å²) in [5.74, 6) is -2.22. The Morgan fingerprint density at radius 3 is 1.33 bits per heavy atom. The molecule has 0 aliphatic heterocycles. The molecule has 0 saturated heterocycles. The Morgan fingerprint density at radius 1 is 0.721 bits per heavy atom. The predicted molar refractivity (Wildman–Crippen MR) is 169 cm³/mol. The van der Waals surface area contributed by atoms with Gasteiger partial charge in [0.15, 0.2) is 12.0 Å². The summed E-state index contributed by atoms with van der Waals surface area (Å²) in [6.45, 7) is 15.4. The number of rotatable bonds is 15. The molecule has 0 saturated carbocycles. The lowest BCUT2D eigenvalue weighted by molar-refractivity contribution is -0.406. The van der Waals surface area contributed by atoms with Crippen LogP contribution in [-0.4, -0.2) is 78.8 Å². The molecule has 14 nitrogen and oxygen atoms in total. The Hall–Kier alpha value is -3.42. The zero-order valence-corrected chi connectivity index (χ0v) is 28.2. The van der Waals surface area contributed by atoms with E-state index in [1.807, 2.05) is 55.4 Å². The Kier molecular flexibility index (Phi) is 22.7. The third-order valence-electron chi connectivity index (χ3n) is 5.81. The SMILES string of the molecule is CC(C)CC([NH3+])C(=O)NC(CC(C)C)C(=O)NC(CC(C)C)C(=O)NC(CC(C)C)C(=O)[O-].CN(C)C(N)=NC(=N)N.[CH3-]. The van der Waals surface area contributed by atoms with Crippen LogP contribution in [0.15, 0.2) is 4.99 Å². The molecule has 0 fully saturated rings. The van der Waals surface area contributed by atoms with Crippen LogP contribution in [0.1, 0.15) is 81.1 Å². The standard InChI is InChI=1S/C24H46N4O5.C4H11N5.CH3/c1-13(2)9-17(25)21(29)26-18(10-14(3)4)22(30)27-19(11-15(5)6)23(31)28-20(24(32)33)12-16(7)8;1-9(2)4(7)8-3(5)6;/h13-20H,9-12,25H2,1-8H3,(H,26,29)(H,27,30)(H,28,31)(H,32,33);1-2H3,(H5,5,6,7,8);1H3/q;;-1. The molecule has 4 unspecified atom stereocenters. The molecule has 0 rings (SSSR count). The smallest absolute Gasteiger partial charge is 0.278 e. The first-order chi connectivity index (χ1) is 19.2. The number of hydrogen-bond donors (Lipinski definition) is 7. The highest BCUT2D eigenvalue weighted by Gasteiger charge is 2.31. The van der Waals surface area contributed by atoms with Crippen LogP contribution in [0.3, 0.4) is 0 Å². The second-order valence-electron chi connectivity index (χ2n) is 12.5. The number of nitrogens with two attached hydrogens (primary N) is 2. The van der Waals surface area contributed by atoms with E-state index in [9.17, 15) is 24.3 Å². The van der Waals surface area contributed by atoms with Gasteiger partial charge in [-0.1, -0.05) is 55.4 Å². The van der Waals surface area contributed by atoms with Crippen molar-refractivity contribution in [2.75, 3.05) is 14.1 Å². The lowest BCUT2D eigenvalue weighted by Gasteiger charge is -2.28. The molecule has 11 N–H and O–H groups in total. The number of carbonyl (C=O) groups is 4. The highest BCUT2D eigenvalue weighted by Crippen LogP contribution is 2.11. The molecular weight excluding hydrogens is 554 g/mol. The number of carboxylic acids is 1. The molecule has 0 spiro atoms. The van der Waals surface area contributed by atoms with Crippen LogP contribution < -0.4 is 38.3 Å². The van der Waals surface area contributed by atoms with Gasteiger partial charge in [0.1, 0.15) is 12.1 Å². The van der Waals surface area contributed by atoms with Crippen molar-refractivity contribution in [3.05, 3.63) is 7.43 Å². The van der Waals surface area contributed by atoms with Gasteiger partial charge in [-0.2, -0.15) is 4.99 Å². The molecule has 0 aromatic carbocycles. The third kappa shape index (κ3) is 21.9. The number of amides is 3. The van der Waals surface area contributed by atoms with E-state index in [1.165, 1.54) is 0 Å². The molecule has 3 amide bonds. The van der Waals surface area contributed by atoms with Gasteiger partial charge in [0, 0.05) is 20.5 Å². The number of nitrogens with zero attached hydrogens (tertiary/aromatic N) is 2. The van der Waals surface area contributed by atoms with E-state index in [2.05, 4.69) is 26.7 Å². The van der Waals surface area contributed by atoms with Crippen molar-refractivity contribution in [3.8, 4) is 0 Å². The minimum Gasteiger partial charge on any atom is -0.548 e. The van der Waals surface area contributed by atoms with Gasteiger partial charge in [0.2, 0.25) is 17.8 Å². The van der Waals surface area contributed by atoms with Crippen LogP contribution in [0.2, 0.25) is 0 Å². The molecule has 4 atom stereocenters. The summed E-state index contributed by atoms with van der Waals surface area (Å²) in [7, 11) is 3.45. The van der Waals surface area contributed by atoms with E-state index in [0.29, 0.717) is 19.3 Å². The van der Waals surface area contributed by atoms with Crippen molar-refractivity contribution in [2.45, 2.75) is 105 Å². The number of nitrogens with one attached hydrogen (secondary N) is 4. The summed E-state index contributed by atoms with van der Waals surface area (Å²) in [4.78, 5) is 55.1. The van der Waals surface area contributed by atoms with Crippen LogP contribution in [-0.2, 0) is 19.2 Å². The number of carbonyl (C=O) groups excluding carboxylic acids is 4. The highest BCUT2D eigenvalue weighted by atomic mass is 16.4. The molecular formula is C29H60N9O5-. The van der Waals surface area contributed by atoms with Gasteiger partial charge in [-0.05, 0) is 42.9 Å². The summed E-state index contributed by atoms with van der Waals surface area (Å²) in [6.07, 6.45) is 1.55. The van der Waals surface area contributed by atoms with Crippen molar-refractivity contribution in [2.24, 2.45) is 40.1 Å². The summed E-state index contributed by atoms with van der Waals surface area (Å²) in [6, 6.07) is -3.37. The topological polar surface area (TPSA) is 247 Å². The minimum atomic E-state index is -1.36. The van der Waals surface area contributed by atoms with Gasteiger partial charge in [-0.3, -0.25) is 19.8 Å². The van der Waals surface area contributed by atoms with E-state index < -0.39 is 42.0 Å². The van der Waals surface area contributed by atoms with E-state index in [-0.39, 0.29) is 55.3 Å². The lowest BCUT2D eigenvalue weighted by atomic mass is 9.98. The summed E-state index contributed by atoms with van der Waals surface area (Å²) in [5.41, 5.74) is 14.1. The van der Waals surface area contributed by atoms with Crippen LogP contribution in [0, 0.1) is 36.5 Å². The van der Waals surface area contributed by atoms with Crippen LogP contribution in [0.4, 0.5) is 0 Å². The summed E-state index contributed by atoms with van der Waals surface area (Å²) < 4.78 is 0. The van der Waals surface area contributed by atoms with Crippen molar-refractivity contribution in [1.82, 2.24) is 20.9 Å². The number of quaternary nitrogens is 1. The van der Waals surface area contributed by atoms with Crippen LogP contribution in [0.5, 0.6) is 0 Å². The second kappa shape index (κ2) is 22.2. The Labute approximate surface area is 258 Å². The molecule has 0 heterocycles. The van der Waals surface area contributed by atoms with Gasteiger partial charge >= 0.3 is 0 Å². The van der Waals surface area contributed by atoms with Gasteiger partial charge in [0.05, 0.1) is 12.0 Å². The quantitative estimate of drug-likeness (QED) is 0.0696. The zero-order valence-electron chi connectivity index (χ0n) is 28.2. The normalized spacial score (nSPS) is 14.1. The van der Waals surface area contributed by atoms with Crippen molar-refractivity contribution < 1.29 is 30.0 Å². The van der Waals surface area contributed by atoms with Crippen LogP contribution in [0.25, 0.3) is 0 Å². The number of aliphatic carboxylic acids is 1. The fourth-order valence-corrected chi connectivity index (χ4v) is 3.82. The van der Waals surface area contributed by atoms with Gasteiger partial charge in [-0.25, -0.2) is 0 Å². The maximum Gasteiger partial charge on any atom is 0.278 e. The first-order valence-corrected chi connectivity index (χ1v) is 14.5. The van der Waals surface area contributed by atoms with E-state index in [1.54, 1.807) is 19.0 Å². The average Bonchev–Trinajstić information content (AvgIpc) is 2.81. The summed E-state index contributed by atoms with van der Waals surface area (Å²) >= 11 is 0. The van der Waals surface area contributed by atoms with Crippen molar-refractivity contribution in [3.63, 3.8) is 0 Å². The summed E-state index contributed by atoms with van der Waals surface area (Å²) in [5, 5.41) is 26.2. The Balaban J connectivity index is -0.00000137. The van der Waals surface area contributed by atoms with E-state index in [0.717, 1.165) is 0 Å². The molecule has 14 heteroatoms. The molecule has 0 aliphatic rings. The zero-order chi connectivity index (χ0) is 33.3. The molecule has 0 aromatic heterocycles. The molecule has 252 valence electrons. The average molecular weight is 615 g/mol. The first-order valence-electron chi connectivity index (χ1n) is 14.5. The maximum absolute atomic E-state index is 13.1. The van der Waals surface area contributed by atoms with Crippen molar-refractivity contribution in [1.29, 1.82) is 5.41 Å². The van der Waals surface area contributed by atoms with E-state index in [4.69, 9.17) is 16.9 Å². The van der Waals surface area contributed by atoms with Crippen molar-refractivity contribution >= 4 is 35.6 Å². The van der Waals surface area contributed by atoms with Gasteiger partial charge < -0.3 is 55.4 Å². The molecule has 0 aromatic rings. The first kappa shape index (κ1) is 44.0. The monoisotopic (exact) mass is 614 g/mol. The van der Waals surface area contributed by atoms with Gasteiger partial charge in [0.25, 0.3) is 5.91 Å². The highest BCUT2D eigenvalue weighted by molar-refractivity contribution is 5.94. The fraction of sp³-hybridized carbons (Fsp3) is 0.759. The second-order valence-corrected chi connectivity index (χ2v) is 12.5. The third-order valence-corrected chi connectivity index (χ3v) is 5.81. The maximum atomic E-state index is 13.1. The number of aliphatic imine (C=N–C) groups is 1. The molecule has 43 heavy (non-hydrogen) atoms. The Bertz CT molecular complexity index is 905. The van der Waals surface area contributed by atoms with Gasteiger partial charge in [-0.15, -0.1) is 0 Å². The minimum absolute atomic E-state index is 0. The molecule has 0 radical (unpaired) electrons. The fourth-order valence-electron chi connectivity index (χ4n) is 3.82.